The summed E-state index contributed by atoms with van der Waals surface area (Å²) < 4.78 is 11.1. The number of carbonyl (C=O) groups is 1. The molecule has 1 heterocycles. The van der Waals surface area contributed by atoms with Gasteiger partial charge in [0.15, 0.2) is 5.79 Å². The summed E-state index contributed by atoms with van der Waals surface area (Å²) in [6, 6.07) is 0. The molecule has 2 rings (SSSR count). The average Bonchev–Trinajstić information content (AvgIpc) is 2.22. The molecule has 0 unspecified atom stereocenters. The third kappa shape index (κ3) is 1.44. The van der Waals surface area contributed by atoms with Gasteiger partial charge in [-0.25, -0.2) is 0 Å². The van der Waals surface area contributed by atoms with Gasteiger partial charge in [-0.1, -0.05) is 0 Å². The molecule has 0 aromatic heterocycles. The van der Waals surface area contributed by atoms with Crippen molar-refractivity contribution in [2.75, 3.05) is 6.61 Å². The Bertz CT molecular complexity index is 240. The van der Waals surface area contributed by atoms with E-state index in [1.54, 1.807) is 0 Å². The summed E-state index contributed by atoms with van der Waals surface area (Å²) in [6.45, 7) is 4.25. The van der Waals surface area contributed by atoms with Crippen LogP contribution in [0.25, 0.3) is 0 Å². The highest BCUT2D eigenvalue weighted by molar-refractivity contribution is 5.71. The molecule has 0 aromatic rings. The second kappa shape index (κ2) is 2.45. The summed E-state index contributed by atoms with van der Waals surface area (Å²) >= 11 is 0. The van der Waals surface area contributed by atoms with Crippen LogP contribution in [-0.2, 0) is 14.3 Å². The molecule has 0 aromatic carbocycles. The lowest BCUT2D eigenvalue weighted by Crippen LogP contribution is -2.49. The minimum absolute atomic E-state index is 0.238. The molecule has 13 heavy (non-hydrogen) atoms. The zero-order valence-electron chi connectivity index (χ0n) is 7.87. The van der Waals surface area contributed by atoms with Crippen molar-refractivity contribution < 1.29 is 19.4 Å². The van der Waals surface area contributed by atoms with E-state index in [2.05, 4.69) is 0 Å². The Labute approximate surface area is 76.8 Å². The maximum absolute atomic E-state index is 10.6. The topological polar surface area (TPSA) is 55.8 Å². The fourth-order valence-corrected chi connectivity index (χ4v) is 2.10. The maximum atomic E-state index is 10.6. The lowest BCUT2D eigenvalue weighted by molar-refractivity contribution is -0.195. The number of carboxylic acid groups (broad SMARTS) is 1. The highest BCUT2D eigenvalue weighted by Gasteiger charge is 2.55. The van der Waals surface area contributed by atoms with Gasteiger partial charge >= 0.3 is 5.97 Å². The fraction of sp³-hybridized carbons (Fsp3) is 0.889. The van der Waals surface area contributed by atoms with Crippen LogP contribution < -0.4 is 0 Å². The summed E-state index contributed by atoms with van der Waals surface area (Å²) in [4.78, 5) is 10.6. The monoisotopic (exact) mass is 186 g/mol. The average molecular weight is 186 g/mol. The van der Waals surface area contributed by atoms with Crippen LogP contribution in [0.3, 0.4) is 0 Å². The molecular formula is C9H14O4. The van der Waals surface area contributed by atoms with Gasteiger partial charge in [-0.3, -0.25) is 4.79 Å². The Morgan fingerprint density at radius 3 is 2.46 bits per heavy atom. The molecule has 74 valence electrons. The molecule has 1 spiro atoms. The van der Waals surface area contributed by atoms with Crippen LogP contribution in [-0.4, -0.2) is 29.1 Å². The maximum Gasteiger partial charge on any atom is 0.306 e. The van der Waals surface area contributed by atoms with Crippen LogP contribution in [0.5, 0.6) is 0 Å². The summed E-state index contributed by atoms with van der Waals surface area (Å²) in [5, 5.41) is 8.71. The SMILES string of the molecule is CC1(C)OC[C@]2(C[C@H](C(=O)O)C2)O1. The molecule has 0 atom stereocenters. The normalized spacial score (nSPS) is 41.8. The number of hydrogen-bond donors (Lipinski definition) is 1. The molecule has 4 heteroatoms. The van der Waals surface area contributed by atoms with Gasteiger partial charge in [-0.05, 0) is 26.7 Å². The Morgan fingerprint density at radius 2 is 2.08 bits per heavy atom. The number of rotatable bonds is 1. The van der Waals surface area contributed by atoms with Crippen LogP contribution in [0.4, 0.5) is 0 Å². The van der Waals surface area contributed by atoms with Gasteiger partial charge in [0.2, 0.25) is 0 Å². The van der Waals surface area contributed by atoms with Gasteiger partial charge in [0, 0.05) is 0 Å². The van der Waals surface area contributed by atoms with Crippen LogP contribution in [0, 0.1) is 5.92 Å². The highest BCUT2D eigenvalue weighted by Crippen LogP contribution is 2.47. The molecule has 1 aliphatic carbocycles. The van der Waals surface area contributed by atoms with Crippen molar-refractivity contribution in [2.24, 2.45) is 5.92 Å². The second-order valence-corrected chi connectivity index (χ2v) is 4.42. The zero-order chi connectivity index (χ0) is 9.69. The molecular weight excluding hydrogens is 172 g/mol. The van der Waals surface area contributed by atoms with Crippen molar-refractivity contribution in [3.05, 3.63) is 0 Å². The van der Waals surface area contributed by atoms with E-state index in [0.717, 1.165) is 0 Å². The fourth-order valence-electron chi connectivity index (χ4n) is 2.10. The van der Waals surface area contributed by atoms with E-state index in [1.807, 2.05) is 13.8 Å². The molecule has 2 fully saturated rings. The highest BCUT2D eigenvalue weighted by atomic mass is 16.8. The van der Waals surface area contributed by atoms with E-state index in [4.69, 9.17) is 14.6 Å². The first-order chi connectivity index (χ1) is 5.93. The third-order valence-electron chi connectivity index (χ3n) is 2.73. The predicted molar refractivity (Wildman–Crippen MR) is 44.2 cm³/mol. The van der Waals surface area contributed by atoms with Gasteiger partial charge in [-0.15, -0.1) is 0 Å². The minimum atomic E-state index is -0.723. The van der Waals surface area contributed by atoms with E-state index in [1.165, 1.54) is 0 Å². The number of hydrogen-bond acceptors (Lipinski definition) is 3. The Morgan fingerprint density at radius 1 is 1.46 bits per heavy atom. The Kier molecular flexibility index (Phi) is 1.69. The van der Waals surface area contributed by atoms with Crippen LogP contribution in [0.2, 0.25) is 0 Å². The molecule has 1 aliphatic heterocycles. The van der Waals surface area contributed by atoms with Crippen LogP contribution >= 0.6 is 0 Å². The van der Waals surface area contributed by atoms with Crippen molar-refractivity contribution >= 4 is 5.97 Å². The first-order valence-electron chi connectivity index (χ1n) is 4.49. The van der Waals surface area contributed by atoms with Crippen molar-refractivity contribution in [1.29, 1.82) is 0 Å². The lowest BCUT2D eigenvalue weighted by atomic mass is 9.71. The van der Waals surface area contributed by atoms with Crippen molar-refractivity contribution in [1.82, 2.24) is 0 Å². The number of aliphatic carboxylic acids is 1. The molecule has 4 nitrogen and oxygen atoms in total. The first-order valence-corrected chi connectivity index (χ1v) is 4.49. The van der Waals surface area contributed by atoms with E-state index in [9.17, 15) is 4.79 Å². The first kappa shape index (κ1) is 8.97. The molecule has 1 N–H and O–H groups in total. The minimum Gasteiger partial charge on any atom is -0.481 e. The molecule has 0 bridgehead atoms. The Balaban J connectivity index is 1.95. The smallest absolute Gasteiger partial charge is 0.306 e. The van der Waals surface area contributed by atoms with Crippen LogP contribution in [0.15, 0.2) is 0 Å². The van der Waals surface area contributed by atoms with E-state index in [-0.39, 0.29) is 11.5 Å². The predicted octanol–water partition coefficient (Wildman–Crippen LogP) is 1.00. The quantitative estimate of drug-likeness (QED) is 0.663. The molecule has 0 radical (unpaired) electrons. The summed E-state index contributed by atoms with van der Waals surface area (Å²) in [5.41, 5.74) is -0.299. The lowest BCUT2D eigenvalue weighted by Gasteiger charge is -2.41. The number of ether oxygens (including phenoxy) is 2. The van der Waals surface area contributed by atoms with Gasteiger partial charge in [0.05, 0.1) is 18.1 Å². The van der Waals surface area contributed by atoms with Crippen molar-refractivity contribution in [2.45, 2.75) is 38.1 Å². The van der Waals surface area contributed by atoms with Crippen molar-refractivity contribution in [3.63, 3.8) is 0 Å². The van der Waals surface area contributed by atoms with Gasteiger partial charge in [-0.2, -0.15) is 0 Å². The molecule has 0 amide bonds. The zero-order valence-corrected chi connectivity index (χ0v) is 7.87. The summed E-state index contributed by atoms with van der Waals surface area (Å²) in [5.74, 6) is -1.50. The third-order valence-corrected chi connectivity index (χ3v) is 2.73. The van der Waals surface area contributed by atoms with Gasteiger partial charge in [0.25, 0.3) is 0 Å². The van der Waals surface area contributed by atoms with E-state index < -0.39 is 11.8 Å². The standard InChI is InChI=1S/C9H14O4/c1-8(2)12-5-9(13-8)3-6(4-9)7(10)11/h6H,3-5H2,1-2H3,(H,10,11)/t6-,9+. The summed E-state index contributed by atoms with van der Waals surface area (Å²) in [7, 11) is 0. The van der Waals surface area contributed by atoms with Crippen LogP contribution in [0.1, 0.15) is 26.7 Å². The van der Waals surface area contributed by atoms with Gasteiger partial charge < -0.3 is 14.6 Å². The van der Waals surface area contributed by atoms with E-state index >= 15 is 0 Å². The molecule has 2 aliphatic rings. The molecule has 1 saturated heterocycles. The second-order valence-electron chi connectivity index (χ2n) is 4.42. The molecule has 1 saturated carbocycles. The van der Waals surface area contributed by atoms with Crippen molar-refractivity contribution in [3.8, 4) is 0 Å². The summed E-state index contributed by atoms with van der Waals surface area (Å²) in [6.07, 6.45) is 1.18. The number of carboxylic acids is 1. The van der Waals surface area contributed by atoms with E-state index in [0.29, 0.717) is 19.4 Å². The largest absolute Gasteiger partial charge is 0.481 e. The van der Waals surface area contributed by atoms with Gasteiger partial charge in [0.1, 0.15) is 0 Å². The Hall–Kier alpha value is -0.610.